The molecule has 1 aliphatic heterocycles. The van der Waals surface area contributed by atoms with E-state index in [9.17, 15) is 4.79 Å². The molecule has 2 aliphatic rings. The Morgan fingerprint density at radius 3 is 2.57 bits per heavy atom. The van der Waals surface area contributed by atoms with Gasteiger partial charge in [-0.2, -0.15) is 0 Å². The highest BCUT2D eigenvalue weighted by molar-refractivity contribution is 14.1. The van der Waals surface area contributed by atoms with Crippen LogP contribution in [0.1, 0.15) is 50.3 Å². The molecule has 1 N–H and O–H groups in total. The van der Waals surface area contributed by atoms with Gasteiger partial charge < -0.3 is 5.32 Å². The molecule has 0 aromatic heterocycles. The van der Waals surface area contributed by atoms with Crippen LogP contribution in [0.4, 0.5) is 0 Å². The van der Waals surface area contributed by atoms with Gasteiger partial charge in [-0.1, -0.05) is 6.92 Å². The van der Waals surface area contributed by atoms with E-state index < -0.39 is 0 Å². The average molecular weight is 395 g/mol. The first-order valence-corrected chi connectivity index (χ1v) is 8.79. The minimum Gasteiger partial charge on any atom is -0.343 e. The van der Waals surface area contributed by atoms with Crippen LogP contribution in [0.3, 0.4) is 0 Å². The SMILES string of the molecule is CCc1cc(I)cc(C)c1C1=C(C)C(C)(C2CC2)NC1=O. The summed E-state index contributed by atoms with van der Waals surface area (Å²) in [6.45, 7) is 8.62. The molecule has 1 aliphatic carbocycles. The summed E-state index contributed by atoms with van der Waals surface area (Å²) in [7, 11) is 0. The zero-order valence-electron chi connectivity index (χ0n) is 13.1. The summed E-state index contributed by atoms with van der Waals surface area (Å²) in [5.41, 5.74) is 5.68. The molecule has 3 heteroatoms. The number of nitrogens with one attached hydrogen (secondary N) is 1. The van der Waals surface area contributed by atoms with Crippen LogP contribution in [0.2, 0.25) is 0 Å². The number of hydrogen-bond donors (Lipinski definition) is 1. The molecule has 0 spiro atoms. The maximum absolute atomic E-state index is 12.7. The van der Waals surface area contributed by atoms with E-state index in [1.165, 1.54) is 33.1 Å². The van der Waals surface area contributed by atoms with E-state index in [-0.39, 0.29) is 11.4 Å². The summed E-state index contributed by atoms with van der Waals surface area (Å²) in [6, 6.07) is 4.39. The molecule has 1 atom stereocenters. The molecule has 112 valence electrons. The number of halogens is 1. The number of benzene rings is 1. The fourth-order valence-corrected chi connectivity index (χ4v) is 4.48. The van der Waals surface area contributed by atoms with Gasteiger partial charge in [-0.15, -0.1) is 0 Å². The average Bonchev–Trinajstić information content (AvgIpc) is 3.22. The van der Waals surface area contributed by atoms with Crippen molar-refractivity contribution in [2.45, 2.75) is 52.5 Å². The first-order chi connectivity index (χ1) is 9.88. The number of hydrogen-bond acceptors (Lipinski definition) is 1. The molecule has 1 amide bonds. The molecule has 1 saturated carbocycles. The van der Waals surface area contributed by atoms with Gasteiger partial charge >= 0.3 is 0 Å². The Labute approximate surface area is 140 Å². The van der Waals surface area contributed by atoms with Crippen molar-refractivity contribution in [3.63, 3.8) is 0 Å². The Bertz CT molecular complexity index is 657. The van der Waals surface area contributed by atoms with Gasteiger partial charge in [-0.05, 0) is 103 Å². The molecule has 0 saturated heterocycles. The van der Waals surface area contributed by atoms with Crippen molar-refractivity contribution in [3.05, 3.63) is 38.0 Å². The van der Waals surface area contributed by atoms with E-state index in [1.54, 1.807) is 0 Å². The van der Waals surface area contributed by atoms with Crippen molar-refractivity contribution in [1.82, 2.24) is 5.32 Å². The third kappa shape index (κ3) is 2.33. The minimum atomic E-state index is -0.132. The second-order valence-electron chi connectivity index (χ2n) is 6.54. The van der Waals surface area contributed by atoms with Gasteiger partial charge in [0.05, 0.1) is 5.54 Å². The molecule has 2 nitrogen and oxygen atoms in total. The van der Waals surface area contributed by atoms with Gasteiger partial charge in [0.25, 0.3) is 5.91 Å². The third-order valence-electron chi connectivity index (χ3n) is 5.16. The summed E-state index contributed by atoms with van der Waals surface area (Å²) >= 11 is 2.36. The lowest BCUT2D eigenvalue weighted by Crippen LogP contribution is -2.43. The summed E-state index contributed by atoms with van der Waals surface area (Å²) in [4.78, 5) is 12.7. The minimum absolute atomic E-state index is 0.112. The summed E-state index contributed by atoms with van der Waals surface area (Å²) in [5, 5.41) is 3.27. The second kappa shape index (κ2) is 5.11. The van der Waals surface area contributed by atoms with Gasteiger partial charge in [0.2, 0.25) is 0 Å². The highest BCUT2D eigenvalue weighted by Crippen LogP contribution is 2.48. The highest BCUT2D eigenvalue weighted by atomic mass is 127. The van der Waals surface area contributed by atoms with Gasteiger partial charge in [-0.3, -0.25) is 4.79 Å². The lowest BCUT2D eigenvalue weighted by atomic mass is 9.84. The second-order valence-corrected chi connectivity index (χ2v) is 7.79. The van der Waals surface area contributed by atoms with Gasteiger partial charge in [-0.25, -0.2) is 0 Å². The van der Waals surface area contributed by atoms with Crippen LogP contribution in [0, 0.1) is 16.4 Å². The van der Waals surface area contributed by atoms with Crippen LogP contribution in [-0.4, -0.2) is 11.4 Å². The summed E-state index contributed by atoms with van der Waals surface area (Å²) < 4.78 is 1.24. The molecule has 1 aromatic carbocycles. The zero-order chi connectivity index (χ0) is 15.4. The van der Waals surface area contributed by atoms with E-state index in [0.29, 0.717) is 5.92 Å². The van der Waals surface area contributed by atoms with Crippen molar-refractivity contribution >= 4 is 34.1 Å². The van der Waals surface area contributed by atoms with Crippen LogP contribution >= 0.6 is 22.6 Å². The van der Waals surface area contributed by atoms with Crippen LogP contribution in [0.5, 0.6) is 0 Å². The van der Waals surface area contributed by atoms with Crippen molar-refractivity contribution in [2.75, 3.05) is 0 Å². The van der Waals surface area contributed by atoms with Crippen molar-refractivity contribution in [1.29, 1.82) is 0 Å². The maximum Gasteiger partial charge on any atom is 0.252 e. The monoisotopic (exact) mass is 395 g/mol. The van der Waals surface area contributed by atoms with Gasteiger partial charge in [0.1, 0.15) is 0 Å². The Balaban J connectivity index is 2.20. The molecule has 1 fully saturated rings. The highest BCUT2D eigenvalue weighted by Gasteiger charge is 2.49. The van der Waals surface area contributed by atoms with E-state index in [1.807, 2.05) is 0 Å². The number of carbonyl (C=O) groups is 1. The normalized spacial score (nSPS) is 25.5. The molecule has 0 bridgehead atoms. The fraction of sp³-hybridized carbons (Fsp3) is 0.500. The third-order valence-corrected chi connectivity index (χ3v) is 5.78. The lowest BCUT2D eigenvalue weighted by molar-refractivity contribution is -0.116. The first-order valence-electron chi connectivity index (χ1n) is 7.71. The van der Waals surface area contributed by atoms with Gasteiger partial charge in [0, 0.05) is 9.14 Å². The first kappa shape index (κ1) is 15.1. The predicted octanol–water partition coefficient (Wildman–Crippen LogP) is 4.23. The Hall–Kier alpha value is -0.840. The van der Waals surface area contributed by atoms with Crippen molar-refractivity contribution in [3.8, 4) is 0 Å². The number of amides is 1. The van der Waals surface area contributed by atoms with Gasteiger partial charge in [0.15, 0.2) is 0 Å². The van der Waals surface area contributed by atoms with E-state index in [0.717, 1.165) is 17.6 Å². The van der Waals surface area contributed by atoms with Crippen LogP contribution in [0.25, 0.3) is 5.57 Å². The summed E-state index contributed by atoms with van der Waals surface area (Å²) in [5.74, 6) is 0.731. The Kier molecular flexibility index (Phi) is 3.67. The van der Waals surface area contributed by atoms with E-state index in [2.05, 4.69) is 67.7 Å². The molecule has 21 heavy (non-hydrogen) atoms. The van der Waals surface area contributed by atoms with Crippen molar-refractivity contribution < 1.29 is 4.79 Å². The fourth-order valence-electron chi connectivity index (χ4n) is 3.64. The molecular weight excluding hydrogens is 373 g/mol. The topological polar surface area (TPSA) is 29.1 Å². The van der Waals surface area contributed by atoms with Crippen LogP contribution in [0.15, 0.2) is 17.7 Å². The molecule has 1 heterocycles. The smallest absolute Gasteiger partial charge is 0.252 e. The number of carbonyl (C=O) groups excluding carboxylic acids is 1. The van der Waals surface area contributed by atoms with E-state index in [4.69, 9.17) is 0 Å². The zero-order valence-corrected chi connectivity index (χ0v) is 15.3. The van der Waals surface area contributed by atoms with Crippen LogP contribution < -0.4 is 5.32 Å². The standard InChI is InChI=1S/C18H22INO/c1-5-12-9-14(19)8-10(2)15(12)16-11(3)18(4,13-6-7-13)20-17(16)21/h8-9,13H,5-7H2,1-4H3,(H,20,21). The van der Waals surface area contributed by atoms with Crippen LogP contribution in [-0.2, 0) is 11.2 Å². The number of aryl methyl sites for hydroxylation is 2. The number of rotatable bonds is 3. The maximum atomic E-state index is 12.7. The van der Waals surface area contributed by atoms with Crippen molar-refractivity contribution in [2.24, 2.45) is 5.92 Å². The summed E-state index contributed by atoms with van der Waals surface area (Å²) in [6.07, 6.45) is 3.42. The predicted molar refractivity (Wildman–Crippen MR) is 95.1 cm³/mol. The van der Waals surface area contributed by atoms with E-state index >= 15 is 0 Å². The molecule has 1 unspecified atom stereocenters. The Morgan fingerprint density at radius 1 is 1.33 bits per heavy atom. The largest absolute Gasteiger partial charge is 0.343 e. The molecule has 0 radical (unpaired) electrons. The molecule has 3 rings (SSSR count). The lowest BCUT2D eigenvalue weighted by Gasteiger charge is -2.26. The molecular formula is C18H22INO. The Morgan fingerprint density at radius 2 is 2.00 bits per heavy atom. The molecule has 1 aromatic rings. The quantitative estimate of drug-likeness (QED) is 0.763.